The van der Waals surface area contributed by atoms with Crippen molar-refractivity contribution < 1.29 is 22.9 Å². The van der Waals surface area contributed by atoms with Crippen molar-refractivity contribution in [2.75, 3.05) is 31.3 Å². The van der Waals surface area contributed by atoms with Crippen molar-refractivity contribution in [3.8, 4) is 11.4 Å². The van der Waals surface area contributed by atoms with Gasteiger partial charge < -0.3 is 10.1 Å². The second-order valence-electron chi connectivity index (χ2n) is 8.40. The smallest absolute Gasteiger partial charge is 0.271 e. The molecule has 0 aliphatic heterocycles. The first kappa shape index (κ1) is 29.3. The van der Waals surface area contributed by atoms with Crippen LogP contribution >= 0.6 is 23.4 Å². The Balaban J connectivity index is 1.72. The summed E-state index contributed by atoms with van der Waals surface area (Å²) in [6.45, 7) is 4.21. The monoisotopic (exact) mass is 603 g/mol. The summed E-state index contributed by atoms with van der Waals surface area (Å²) < 4.78 is 35.0. The number of carbonyl (C=O) groups excluding carboxylic acids is 1. The molecule has 1 amide bonds. The van der Waals surface area contributed by atoms with Crippen LogP contribution in [0, 0.1) is 10.1 Å². The van der Waals surface area contributed by atoms with Crippen LogP contribution in [0.2, 0.25) is 5.02 Å². The number of nitro groups is 1. The van der Waals surface area contributed by atoms with Crippen LogP contribution in [0.4, 0.5) is 11.4 Å². The molecule has 0 radical (unpaired) electrons. The fourth-order valence-corrected chi connectivity index (χ4v) is 6.56. The van der Waals surface area contributed by atoms with Gasteiger partial charge in [0.05, 0.1) is 50.1 Å². The number of sulfonamides is 1. The summed E-state index contributed by atoms with van der Waals surface area (Å²) in [5, 5.41) is 14.3. The van der Waals surface area contributed by atoms with E-state index in [0.717, 1.165) is 11.8 Å². The number of anilines is 1. The summed E-state index contributed by atoms with van der Waals surface area (Å²) in [5.74, 6) is -0.0191. The van der Waals surface area contributed by atoms with Crippen molar-refractivity contribution in [1.29, 1.82) is 0 Å². The van der Waals surface area contributed by atoms with Crippen molar-refractivity contribution >= 4 is 61.7 Å². The molecule has 14 heteroatoms. The van der Waals surface area contributed by atoms with E-state index < -0.39 is 20.9 Å². The zero-order chi connectivity index (χ0) is 29.0. The molecule has 0 unspecified atom stereocenters. The Morgan fingerprint density at radius 3 is 2.55 bits per heavy atom. The SMILES string of the molecule is CCN(CC)S(=O)(=O)c1ccc2c(c1)nc(SCC(=O)Nc1cc([N+](=O)[O-])ccc1Cl)n2-c1ccccc1OC. The molecule has 0 fully saturated rings. The van der Waals surface area contributed by atoms with Gasteiger partial charge in [-0.2, -0.15) is 4.31 Å². The number of ether oxygens (including phenoxy) is 1. The summed E-state index contributed by atoms with van der Waals surface area (Å²) in [5.41, 5.74) is 1.60. The number of methoxy groups -OCH3 is 1. The number of nitro benzene ring substituents is 1. The number of nitrogens with one attached hydrogen (secondary N) is 1. The highest BCUT2D eigenvalue weighted by molar-refractivity contribution is 7.99. The third-order valence-corrected chi connectivity index (χ3v) is 9.35. The van der Waals surface area contributed by atoms with Crippen LogP contribution in [0.25, 0.3) is 16.7 Å². The van der Waals surface area contributed by atoms with Crippen LogP contribution in [0.15, 0.2) is 70.7 Å². The molecule has 0 spiro atoms. The number of aromatic nitrogens is 2. The molecule has 1 heterocycles. The van der Waals surface area contributed by atoms with E-state index in [2.05, 4.69) is 10.3 Å². The Labute approximate surface area is 240 Å². The van der Waals surface area contributed by atoms with Crippen LogP contribution in [0.5, 0.6) is 5.75 Å². The normalized spacial score (nSPS) is 11.6. The molecule has 40 heavy (non-hydrogen) atoms. The quantitative estimate of drug-likeness (QED) is 0.137. The van der Waals surface area contributed by atoms with E-state index in [0.29, 0.717) is 40.7 Å². The number of carbonyl (C=O) groups is 1. The molecule has 3 aromatic carbocycles. The number of hydrogen-bond acceptors (Lipinski definition) is 8. The van der Waals surface area contributed by atoms with Crippen molar-refractivity contribution in [3.05, 3.63) is 75.8 Å². The van der Waals surface area contributed by atoms with Crippen molar-refractivity contribution in [1.82, 2.24) is 13.9 Å². The van der Waals surface area contributed by atoms with Gasteiger partial charge in [0.15, 0.2) is 5.16 Å². The van der Waals surface area contributed by atoms with E-state index >= 15 is 0 Å². The Morgan fingerprint density at radius 2 is 1.88 bits per heavy atom. The summed E-state index contributed by atoms with van der Waals surface area (Å²) in [6, 6.07) is 15.8. The summed E-state index contributed by atoms with van der Waals surface area (Å²) in [7, 11) is -2.18. The molecule has 0 saturated carbocycles. The average molecular weight is 604 g/mol. The Morgan fingerprint density at radius 1 is 1.15 bits per heavy atom. The van der Waals surface area contributed by atoms with Gasteiger partial charge >= 0.3 is 0 Å². The van der Waals surface area contributed by atoms with Gasteiger partial charge in [-0.15, -0.1) is 0 Å². The third kappa shape index (κ3) is 5.92. The first-order valence-corrected chi connectivity index (χ1v) is 14.9. The number of fused-ring (bicyclic) bond motifs is 1. The zero-order valence-corrected chi connectivity index (χ0v) is 24.2. The summed E-state index contributed by atoms with van der Waals surface area (Å²) >= 11 is 7.23. The first-order chi connectivity index (χ1) is 19.1. The molecule has 0 aliphatic rings. The number of para-hydroxylation sites is 2. The molecule has 1 N–H and O–H groups in total. The number of thioether (sulfide) groups is 1. The van der Waals surface area contributed by atoms with Crippen LogP contribution in [0.3, 0.4) is 0 Å². The second kappa shape index (κ2) is 12.3. The topological polar surface area (TPSA) is 137 Å². The fourth-order valence-electron chi connectivity index (χ4n) is 4.09. The molecular formula is C26H26ClN5O6S2. The summed E-state index contributed by atoms with van der Waals surface area (Å²) in [4.78, 5) is 28.1. The first-order valence-electron chi connectivity index (χ1n) is 12.1. The van der Waals surface area contributed by atoms with Gasteiger partial charge in [-0.3, -0.25) is 19.5 Å². The van der Waals surface area contributed by atoms with Gasteiger partial charge in [0.25, 0.3) is 5.69 Å². The average Bonchev–Trinajstić information content (AvgIpc) is 3.31. The zero-order valence-electron chi connectivity index (χ0n) is 21.8. The molecule has 0 aliphatic carbocycles. The minimum absolute atomic E-state index is 0.109. The molecule has 4 rings (SSSR count). The van der Waals surface area contributed by atoms with Gasteiger partial charge in [-0.05, 0) is 36.4 Å². The predicted octanol–water partition coefficient (Wildman–Crippen LogP) is 5.36. The third-order valence-electron chi connectivity index (χ3n) is 6.03. The highest BCUT2D eigenvalue weighted by Crippen LogP contribution is 2.34. The van der Waals surface area contributed by atoms with E-state index in [1.165, 1.54) is 41.7 Å². The Bertz CT molecular complexity index is 1690. The minimum Gasteiger partial charge on any atom is -0.495 e. The van der Waals surface area contributed by atoms with E-state index in [-0.39, 0.29) is 27.0 Å². The molecule has 0 bridgehead atoms. The largest absolute Gasteiger partial charge is 0.495 e. The lowest BCUT2D eigenvalue weighted by Crippen LogP contribution is -2.30. The van der Waals surface area contributed by atoms with Gasteiger partial charge in [0.1, 0.15) is 5.75 Å². The predicted molar refractivity (Wildman–Crippen MR) is 155 cm³/mol. The summed E-state index contributed by atoms with van der Waals surface area (Å²) in [6.07, 6.45) is 0. The minimum atomic E-state index is -3.72. The molecule has 210 valence electrons. The lowest BCUT2D eigenvalue weighted by molar-refractivity contribution is -0.384. The standard InChI is InChI=1S/C26H26ClN5O6S2/c1-4-30(5-2)40(36,37)18-11-13-22-21(15-18)29-26(31(22)23-8-6-7-9-24(23)38-3)39-16-25(33)28-20-14-17(32(34)35)10-12-19(20)27/h6-15H,4-5,16H2,1-3H3,(H,28,33). The number of rotatable bonds is 11. The number of nitrogens with zero attached hydrogens (tertiary/aromatic N) is 4. The van der Waals surface area contributed by atoms with Crippen molar-refractivity contribution in [2.45, 2.75) is 23.9 Å². The number of benzene rings is 3. The molecular weight excluding hydrogens is 578 g/mol. The highest BCUT2D eigenvalue weighted by Gasteiger charge is 2.24. The molecule has 0 atom stereocenters. The van der Waals surface area contributed by atoms with Crippen LogP contribution < -0.4 is 10.1 Å². The van der Waals surface area contributed by atoms with E-state index in [1.807, 2.05) is 18.2 Å². The second-order valence-corrected chi connectivity index (χ2v) is 11.7. The maximum atomic E-state index is 13.1. The Kier molecular flexibility index (Phi) is 8.98. The van der Waals surface area contributed by atoms with Crippen LogP contribution in [-0.4, -0.2) is 59.1 Å². The fraction of sp³-hybridized carbons (Fsp3) is 0.231. The number of hydrogen-bond donors (Lipinski definition) is 1. The lowest BCUT2D eigenvalue weighted by atomic mass is 10.2. The molecule has 4 aromatic rings. The molecule has 0 saturated heterocycles. The van der Waals surface area contributed by atoms with Crippen LogP contribution in [0.1, 0.15) is 13.8 Å². The van der Waals surface area contributed by atoms with Gasteiger partial charge in [0, 0.05) is 25.2 Å². The van der Waals surface area contributed by atoms with Crippen LogP contribution in [-0.2, 0) is 14.8 Å². The molecule has 11 nitrogen and oxygen atoms in total. The van der Waals surface area contributed by atoms with Crippen molar-refractivity contribution in [3.63, 3.8) is 0 Å². The maximum absolute atomic E-state index is 13.1. The number of non-ortho nitro benzene ring substituents is 1. The lowest BCUT2D eigenvalue weighted by Gasteiger charge is -2.18. The van der Waals surface area contributed by atoms with Crippen molar-refractivity contribution in [2.24, 2.45) is 0 Å². The van der Waals surface area contributed by atoms with Gasteiger partial charge in [-0.25, -0.2) is 13.4 Å². The number of halogens is 1. The Hall–Kier alpha value is -3.65. The van der Waals surface area contributed by atoms with E-state index in [9.17, 15) is 23.3 Å². The van der Waals surface area contributed by atoms with Gasteiger partial charge in [-0.1, -0.05) is 49.3 Å². The maximum Gasteiger partial charge on any atom is 0.271 e. The molecule has 1 aromatic heterocycles. The van der Waals surface area contributed by atoms with Gasteiger partial charge in [0.2, 0.25) is 15.9 Å². The highest BCUT2D eigenvalue weighted by atomic mass is 35.5. The van der Waals surface area contributed by atoms with E-state index in [4.69, 9.17) is 16.3 Å². The van der Waals surface area contributed by atoms with E-state index in [1.54, 1.807) is 30.5 Å². The number of amides is 1. The number of imidazole rings is 1.